The highest BCUT2D eigenvalue weighted by atomic mass is 16.5. The summed E-state index contributed by atoms with van der Waals surface area (Å²) in [7, 11) is 1.80. The minimum absolute atomic E-state index is 0.258. The minimum atomic E-state index is 0.258. The molecule has 1 fully saturated rings. The molecule has 1 saturated carbocycles. The van der Waals surface area contributed by atoms with Gasteiger partial charge >= 0.3 is 0 Å². The molecule has 2 nitrogen and oxygen atoms in total. The fraction of sp³-hybridized carbons (Fsp3) is 1.00. The molecule has 72 valence electrons. The molecule has 0 heterocycles. The van der Waals surface area contributed by atoms with Crippen LogP contribution >= 0.6 is 0 Å². The van der Waals surface area contributed by atoms with E-state index >= 15 is 0 Å². The Morgan fingerprint density at radius 1 is 1.33 bits per heavy atom. The van der Waals surface area contributed by atoms with Gasteiger partial charge in [0.25, 0.3) is 0 Å². The maximum absolute atomic E-state index is 6.11. The Morgan fingerprint density at radius 3 is 2.08 bits per heavy atom. The van der Waals surface area contributed by atoms with Gasteiger partial charge in [-0.1, -0.05) is 20.8 Å². The van der Waals surface area contributed by atoms with Crippen LogP contribution in [0.3, 0.4) is 0 Å². The van der Waals surface area contributed by atoms with Crippen LogP contribution in [0.2, 0.25) is 0 Å². The maximum atomic E-state index is 6.11. The Labute approximate surface area is 75.5 Å². The van der Waals surface area contributed by atoms with Crippen LogP contribution in [0.25, 0.3) is 0 Å². The van der Waals surface area contributed by atoms with Crippen LogP contribution in [-0.2, 0) is 4.74 Å². The van der Waals surface area contributed by atoms with E-state index in [0.29, 0.717) is 18.1 Å². The molecule has 0 aromatic rings. The SMILES string of the molecule is CCC1(CC)[C@H](N)[C@H](C)[C@H]1OC. The van der Waals surface area contributed by atoms with Gasteiger partial charge in [-0.3, -0.25) is 0 Å². The minimum Gasteiger partial charge on any atom is -0.380 e. The zero-order chi connectivity index (χ0) is 9.35. The number of rotatable bonds is 3. The summed E-state index contributed by atoms with van der Waals surface area (Å²) in [5.74, 6) is 0.523. The van der Waals surface area contributed by atoms with Gasteiger partial charge in [-0.2, -0.15) is 0 Å². The van der Waals surface area contributed by atoms with Gasteiger partial charge in [0, 0.05) is 18.6 Å². The number of hydrogen-bond donors (Lipinski definition) is 1. The Bertz CT molecular complexity index is 154. The normalized spacial score (nSPS) is 39.2. The molecule has 0 spiro atoms. The van der Waals surface area contributed by atoms with Crippen molar-refractivity contribution in [1.82, 2.24) is 0 Å². The standard InChI is InChI=1S/C10H21NO/c1-5-10(6-2)8(11)7(3)9(10)12-4/h7-9H,5-6,11H2,1-4H3/t7-,8+,9+/m0/s1. The number of nitrogens with two attached hydrogens (primary N) is 1. The summed E-state index contributed by atoms with van der Waals surface area (Å²) < 4.78 is 5.49. The van der Waals surface area contributed by atoms with Crippen LogP contribution < -0.4 is 5.73 Å². The van der Waals surface area contributed by atoms with Crippen molar-refractivity contribution in [2.75, 3.05) is 7.11 Å². The molecule has 0 bridgehead atoms. The molecule has 0 amide bonds. The largest absolute Gasteiger partial charge is 0.380 e. The van der Waals surface area contributed by atoms with Gasteiger partial charge in [-0.05, 0) is 18.8 Å². The third-order valence-corrected chi connectivity index (χ3v) is 3.84. The second-order valence-corrected chi connectivity index (χ2v) is 3.98. The summed E-state index contributed by atoms with van der Waals surface area (Å²) >= 11 is 0. The summed E-state index contributed by atoms with van der Waals surface area (Å²) in [5, 5.41) is 0. The molecule has 2 heteroatoms. The summed E-state index contributed by atoms with van der Waals surface area (Å²) in [6.45, 7) is 6.60. The third-order valence-electron chi connectivity index (χ3n) is 3.84. The van der Waals surface area contributed by atoms with E-state index in [9.17, 15) is 0 Å². The summed E-state index contributed by atoms with van der Waals surface area (Å²) in [6, 6.07) is 0.331. The smallest absolute Gasteiger partial charge is 0.0682 e. The van der Waals surface area contributed by atoms with Crippen molar-refractivity contribution in [2.24, 2.45) is 17.1 Å². The van der Waals surface area contributed by atoms with E-state index in [-0.39, 0.29) is 5.41 Å². The van der Waals surface area contributed by atoms with E-state index < -0.39 is 0 Å². The van der Waals surface area contributed by atoms with E-state index in [1.165, 1.54) is 0 Å². The predicted molar refractivity (Wildman–Crippen MR) is 51.0 cm³/mol. The van der Waals surface area contributed by atoms with Crippen molar-refractivity contribution in [3.8, 4) is 0 Å². The molecule has 1 aliphatic carbocycles. The van der Waals surface area contributed by atoms with Crippen LogP contribution in [0.5, 0.6) is 0 Å². The Balaban J connectivity index is 2.74. The zero-order valence-corrected chi connectivity index (χ0v) is 8.63. The second kappa shape index (κ2) is 3.35. The lowest BCUT2D eigenvalue weighted by Crippen LogP contribution is -2.67. The molecule has 0 aromatic carbocycles. The van der Waals surface area contributed by atoms with Crippen molar-refractivity contribution >= 4 is 0 Å². The fourth-order valence-corrected chi connectivity index (χ4v) is 2.88. The van der Waals surface area contributed by atoms with Crippen molar-refractivity contribution in [2.45, 2.75) is 45.8 Å². The second-order valence-electron chi connectivity index (χ2n) is 3.98. The highest BCUT2D eigenvalue weighted by molar-refractivity contribution is 5.09. The van der Waals surface area contributed by atoms with Crippen LogP contribution in [0, 0.1) is 11.3 Å². The van der Waals surface area contributed by atoms with Crippen molar-refractivity contribution in [1.29, 1.82) is 0 Å². The van der Waals surface area contributed by atoms with E-state index in [1.807, 2.05) is 0 Å². The Hall–Kier alpha value is -0.0800. The van der Waals surface area contributed by atoms with Gasteiger partial charge in [0.2, 0.25) is 0 Å². The topological polar surface area (TPSA) is 35.2 Å². The van der Waals surface area contributed by atoms with Gasteiger partial charge in [-0.25, -0.2) is 0 Å². The number of hydrogen-bond acceptors (Lipinski definition) is 2. The molecule has 3 atom stereocenters. The van der Waals surface area contributed by atoms with Crippen LogP contribution in [0.15, 0.2) is 0 Å². The molecule has 12 heavy (non-hydrogen) atoms. The van der Waals surface area contributed by atoms with Gasteiger partial charge in [0.05, 0.1) is 6.10 Å². The molecule has 0 unspecified atom stereocenters. The zero-order valence-electron chi connectivity index (χ0n) is 8.63. The van der Waals surface area contributed by atoms with Gasteiger partial charge in [0.1, 0.15) is 0 Å². The van der Waals surface area contributed by atoms with E-state index in [1.54, 1.807) is 7.11 Å². The third kappa shape index (κ3) is 1.01. The van der Waals surface area contributed by atoms with Gasteiger partial charge < -0.3 is 10.5 Å². The van der Waals surface area contributed by atoms with E-state index in [2.05, 4.69) is 20.8 Å². The first-order valence-corrected chi connectivity index (χ1v) is 4.92. The quantitative estimate of drug-likeness (QED) is 0.702. The molecule has 2 N–H and O–H groups in total. The lowest BCUT2D eigenvalue weighted by Gasteiger charge is -2.58. The summed E-state index contributed by atoms with van der Waals surface area (Å²) in [4.78, 5) is 0. The van der Waals surface area contributed by atoms with Crippen molar-refractivity contribution in [3.05, 3.63) is 0 Å². The van der Waals surface area contributed by atoms with Crippen molar-refractivity contribution in [3.63, 3.8) is 0 Å². The van der Waals surface area contributed by atoms with E-state index in [4.69, 9.17) is 10.5 Å². The molecule has 0 aromatic heterocycles. The average molecular weight is 171 g/mol. The molecule has 0 saturated heterocycles. The van der Waals surface area contributed by atoms with Gasteiger partial charge in [0.15, 0.2) is 0 Å². The molecular formula is C10H21NO. The van der Waals surface area contributed by atoms with Crippen LogP contribution in [0.1, 0.15) is 33.6 Å². The molecule has 1 aliphatic rings. The Morgan fingerprint density at radius 2 is 1.83 bits per heavy atom. The number of ether oxygens (including phenoxy) is 1. The average Bonchev–Trinajstić information content (AvgIpc) is 2.12. The molecular weight excluding hydrogens is 150 g/mol. The first kappa shape index (κ1) is 10.0. The van der Waals surface area contributed by atoms with Crippen LogP contribution in [0.4, 0.5) is 0 Å². The van der Waals surface area contributed by atoms with Crippen molar-refractivity contribution < 1.29 is 4.74 Å². The highest BCUT2D eigenvalue weighted by Crippen LogP contribution is 2.50. The predicted octanol–water partition coefficient (Wildman–Crippen LogP) is 1.78. The fourth-order valence-electron chi connectivity index (χ4n) is 2.88. The Kier molecular flexibility index (Phi) is 2.79. The first-order chi connectivity index (χ1) is 5.64. The monoisotopic (exact) mass is 171 g/mol. The van der Waals surface area contributed by atoms with Crippen LogP contribution in [-0.4, -0.2) is 19.3 Å². The highest BCUT2D eigenvalue weighted by Gasteiger charge is 2.56. The number of methoxy groups -OCH3 is 1. The first-order valence-electron chi connectivity index (χ1n) is 4.92. The molecule has 1 rings (SSSR count). The summed E-state index contributed by atoms with van der Waals surface area (Å²) in [5.41, 5.74) is 6.37. The lowest BCUT2D eigenvalue weighted by molar-refractivity contribution is -0.156. The summed E-state index contributed by atoms with van der Waals surface area (Å²) in [6.07, 6.45) is 2.64. The van der Waals surface area contributed by atoms with E-state index in [0.717, 1.165) is 12.8 Å². The molecule has 0 radical (unpaired) electrons. The van der Waals surface area contributed by atoms with Gasteiger partial charge in [-0.15, -0.1) is 0 Å². The maximum Gasteiger partial charge on any atom is 0.0682 e. The lowest BCUT2D eigenvalue weighted by atomic mass is 9.53. The molecule has 0 aliphatic heterocycles.